The number of rotatable bonds is 2. The van der Waals surface area contributed by atoms with E-state index in [1.54, 1.807) is 12.4 Å². The van der Waals surface area contributed by atoms with E-state index < -0.39 is 0 Å². The molecule has 2 heterocycles. The van der Waals surface area contributed by atoms with Gasteiger partial charge in [-0.3, -0.25) is 9.78 Å². The molecule has 2 aromatic heterocycles. The average molecular weight is 189 g/mol. The molecule has 64 valence electrons. The smallest absolute Gasteiger partial charge is 0.160 e. The second kappa shape index (κ2) is 3.49. The van der Waals surface area contributed by atoms with Crippen molar-refractivity contribution in [1.82, 2.24) is 4.98 Å². The SMILES string of the molecule is O=Cc1ccc(-c2ccncc2)s1. The molecule has 3 heteroatoms. The molecule has 2 aromatic rings. The first kappa shape index (κ1) is 8.13. The van der Waals surface area contributed by atoms with E-state index in [9.17, 15) is 4.79 Å². The van der Waals surface area contributed by atoms with E-state index >= 15 is 0 Å². The molecule has 2 rings (SSSR count). The summed E-state index contributed by atoms with van der Waals surface area (Å²) in [6.07, 6.45) is 4.36. The molecule has 0 amide bonds. The molecular formula is C10H7NOS. The van der Waals surface area contributed by atoms with Gasteiger partial charge in [0, 0.05) is 17.3 Å². The number of hydrogen-bond donors (Lipinski definition) is 0. The minimum absolute atomic E-state index is 0.756. The van der Waals surface area contributed by atoms with Gasteiger partial charge >= 0.3 is 0 Å². The third-order valence-electron chi connectivity index (χ3n) is 1.71. The van der Waals surface area contributed by atoms with Gasteiger partial charge in [0.25, 0.3) is 0 Å². The fourth-order valence-electron chi connectivity index (χ4n) is 1.09. The number of carbonyl (C=O) groups excluding carboxylic acids is 1. The highest BCUT2D eigenvalue weighted by atomic mass is 32.1. The molecule has 0 aliphatic rings. The van der Waals surface area contributed by atoms with Crippen molar-refractivity contribution in [2.75, 3.05) is 0 Å². The Morgan fingerprint density at radius 2 is 1.92 bits per heavy atom. The summed E-state index contributed by atoms with van der Waals surface area (Å²) in [6, 6.07) is 7.64. The number of thiophene rings is 1. The molecule has 0 N–H and O–H groups in total. The summed E-state index contributed by atoms with van der Waals surface area (Å²) in [5.41, 5.74) is 1.10. The first-order chi connectivity index (χ1) is 6.40. The van der Waals surface area contributed by atoms with Crippen LogP contribution in [0.15, 0.2) is 36.7 Å². The van der Waals surface area contributed by atoms with Crippen LogP contribution in [0.5, 0.6) is 0 Å². The maximum atomic E-state index is 10.4. The molecule has 0 radical (unpaired) electrons. The van der Waals surface area contributed by atoms with Gasteiger partial charge < -0.3 is 0 Å². The zero-order chi connectivity index (χ0) is 9.10. The maximum Gasteiger partial charge on any atom is 0.160 e. The van der Waals surface area contributed by atoms with Crippen LogP contribution in [0.4, 0.5) is 0 Å². The average Bonchev–Trinajstić information content (AvgIpc) is 2.67. The molecule has 0 fully saturated rings. The van der Waals surface area contributed by atoms with Crippen LogP contribution in [-0.4, -0.2) is 11.3 Å². The quantitative estimate of drug-likeness (QED) is 0.680. The lowest BCUT2D eigenvalue weighted by Gasteiger charge is -1.93. The van der Waals surface area contributed by atoms with Crippen molar-refractivity contribution in [3.05, 3.63) is 41.5 Å². The Bertz CT molecular complexity index is 408. The molecule has 0 aromatic carbocycles. The van der Waals surface area contributed by atoms with E-state index in [0.29, 0.717) is 0 Å². The molecule has 0 atom stereocenters. The second-order valence-corrected chi connectivity index (χ2v) is 3.67. The first-order valence-corrected chi connectivity index (χ1v) is 4.67. The Hall–Kier alpha value is -1.48. The van der Waals surface area contributed by atoms with E-state index in [4.69, 9.17) is 0 Å². The van der Waals surface area contributed by atoms with Crippen molar-refractivity contribution < 1.29 is 4.79 Å². The lowest BCUT2D eigenvalue weighted by atomic mass is 10.2. The largest absolute Gasteiger partial charge is 0.297 e. The van der Waals surface area contributed by atoms with Crippen LogP contribution in [0.25, 0.3) is 10.4 Å². The summed E-state index contributed by atoms with van der Waals surface area (Å²) in [4.78, 5) is 16.2. The normalized spacial score (nSPS) is 9.85. The third-order valence-corrected chi connectivity index (χ3v) is 2.77. The molecular weight excluding hydrogens is 182 g/mol. The van der Waals surface area contributed by atoms with Crippen molar-refractivity contribution in [2.24, 2.45) is 0 Å². The predicted molar refractivity (Wildman–Crippen MR) is 52.9 cm³/mol. The summed E-state index contributed by atoms with van der Waals surface area (Å²) in [5.74, 6) is 0. The van der Waals surface area contributed by atoms with Crippen LogP contribution in [0.1, 0.15) is 9.67 Å². The summed E-state index contributed by atoms with van der Waals surface area (Å²) in [6.45, 7) is 0. The Kier molecular flexibility index (Phi) is 2.19. The van der Waals surface area contributed by atoms with E-state index in [0.717, 1.165) is 21.6 Å². The summed E-state index contributed by atoms with van der Waals surface area (Å²) in [7, 11) is 0. The van der Waals surface area contributed by atoms with Gasteiger partial charge in [-0.2, -0.15) is 0 Å². The fraction of sp³-hybridized carbons (Fsp3) is 0. The lowest BCUT2D eigenvalue weighted by molar-refractivity contribution is 0.112. The molecule has 2 nitrogen and oxygen atoms in total. The van der Waals surface area contributed by atoms with Crippen molar-refractivity contribution in [2.45, 2.75) is 0 Å². The maximum absolute atomic E-state index is 10.4. The zero-order valence-electron chi connectivity index (χ0n) is 6.81. The van der Waals surface area contributed by atoms with E-state index in [1.165, 1.54) is 11.3 Å². The van der Waals surface area contributed by atoms with Crippen LogP contribution in [0.2, 0.25) is 0 Å². The van der Waals surface area contributed by atoms with Gasteiger partial charge in [0.1, 0.15) is 0 Å². The highest BCUT2D eigenvalue weighted by molar-refractivity contribution is 7.17. The number of hydrogen-bond acceptors (Lipinski definition) is 3. The van der Waals surface area contributed by atoms with Crippen LogP contribution >= 0.6 is 11.3 Å². The van der Waals surface area contributed by atoms with Gasteiger partial charge in [-0.05, 0) is 29.8 Å². The van der Waals surface area contributed by atoms with Crippen molar-refractivity contribution >= 4 is 17.6 Å². The Balaban J connectivity index is 2.41. The van der Waals surface area contributed by atoms with Crippen LogP contribution in [0, 0.1) is 0 Å². The van der Waals surface area contributed by atoms with E-state index in [2.05, 4.69) is 4.98 Å². The Morgan fingerprint density at radius 3 is 2.54 bits per heavy atom. The predicted octanol–water partition coefficient (Wildman–Crippen LogP) is 2.62. The fourth-order valence-corrected chi connectivity index (χ4v) is 1.92. The molecule has 0 saturated heterocycles. The molecule has 0 saturated carbocycles. The van der Waals surface area contributed by atoms with Gasteiger partial charge in [-0.15, -0.1) is 11.3 Å². The topological polar surface area (TPSA) is 30.0 Å². The van der Waals surface area contributed by atoms with Gasteiger partial charge in [0.05, 0.1) is 4.88 Å². The van der Waals surface area contributed by atoms with E-state index in [-0.39, 0.29) is 0 Å². The van der Waals surface area contributed by atoms with Crippen LogP contribution in [-0.2, 0) is 0 Å². The summed E-state index contributed by atoms with van der Waals surface area (Å²) in [5, 5.41) is 0. The number of aldehydes is 1. The van der Waals surface area contributed by atoms with Gasteiger partial charge in [-0.25, -0.2) is 0 Å². The van der Waals surface area contributed by atoms with Crippen molar-refractivity contribution in [3.63, 3.8) is 0 Å². The van der Waals surface area contributed by atoms with Gasteiger partial charge in [0.2, 0.25) is 0 Å². The van der Waals surface area contributed by atoms with Crippen LogP contribution < -0.4 is 0 Å². The molecule has 0 spiro atoms. The Labute approximate surface area is 79.9 Å². The van der Waals surface area contributed by atoms with Gasteiger partial charge in [-0.1, -0.05) is 0 Å². The number of pyridine rings is 1. The minimum atomic E-state index is 0.756. The number of aromatic nitrogens is 1. The highest BCUT2D eigenvalue weighted by Crippen LogP contribution is 2.26. The molecule has 0 bridgehead atoms. The summed E-state index contributed by atoms with van der Waals surface area (Å²) < 4.78 is 0. The monoisotopic (exact) mass is 189 g/mol. The molecule has 13 heavy (non-hydrogen) atoms. The number of nitrogens with zero attached hydrogens (tertiary/aromatic N) is 1. The zero-order valence-corrected chi connectivity index (χ0v) is 7.62. The third kappa shape index (κ3) is 1.65. The standard InChI is InChI=1S/C10H7NOS/c12-7-9-1-2-10(13-9)8-3-5-11-6-4-8/h1-7H. The number of carbonyl (C=O) groups is 1. The minimum Gasteiger partial charge on any atom is -0.297 e. The van der Waals surface area contributed by atoms with E-state index in [1.807, 2.05) is 24.3 Å². The lowest BCUT2D eigenvalue weighted by Crippen LogP contribution is -1.71. The second-order valence-electron chi connectivity index (χ2n) is 2.56. The van der Waals surface area contributed by atoms with Crippen molar-refractivity contribution in [3.8, 4) is 10.4 Å². The van der Waals surface area contributed by atoms with Crippen LogP contribution in [0.3, 0.4) is 0 Å². The highest BCUT2D eigenvalue weighted by Gasteiger charge is 2.00. The van der Waals surface area contributed by atoms with Crippen molar-refractivity contribution in [1.29, 1.82) is 0 Å². The Morgan fingerprint density at radius 1 is 1.15 bits per heavy atom. The molecule has 0 aliphatic carbocycles. The first-order valence-electron chi connectivity index (χ1n) is 3.85. The molecule has 0 aliphatic heterocycles. The van der Waals surface area contributed by atoms with Gasteiger partial charge in [0.15, 0.2) is 6.29 Å². The molecule has 0 unspecified atom stereocenters. The summed E-state index contributed by atoms with van der Waals surface area (Å²) >= 11 is 1.49.